The van der Waals surface area contributed by atoms with Crippen LogP contribution >= 0.6 is 11.3 Å². The van der Waals surface area contributed by atoms with Crippen molar-refractivity contribution in [2.75, 3.05) is 0 Å². The first-order valence-corrected chi connectivity index (χ1v) is 8.97. The zero-order valence-electron chi connectivity index (χ0n) is 13.8. The number of hydrogen-bond donors (Lipinski definition) is 1. The monoisotopic (exact) mass is 293 g/mol. The maximum absolute atomic E-state index is 3.86. The van der Waals surface area contributed by atoms with Crippen molar-refractivity contribution in [1.82, 2.24) is 5.32 Å². The number of aryl methyl sites for hydroxylation is 1. The molecule has 0 aliphatic heterocycles. The van der Waals surface area contributed by atoms with E-state index in [4.69, 9.17) is 0 Å². The molecule has 0 amide bonds. The van der Waals surface area contributed by atoms with Gasteiger partial charge in [-0.05, 0) is 69.4 Å². The van der Waals surface area contributed by atoms with Crippen molar-refractivity contribution in [2.24, 2.45) is 11.3 Å². The van der Waals surface area contributed by atoms with Crippen LogP contribution in [0.4, 0.5) is 0 Å². The third-order valence-electron chi connectivity index (χ3n) is 4.78. The average molecular weight is 294 g/mol. The van der Waals surface area contributed by atoms with Crippen molar-refractivity contribution >= 4 is 11.3 Å². The fourth-order valence-corrected chi connectivity index (χ4v) is 4.50. The zero-order chi connectivity index (χ0) is 14.8. The lowest BCUT2D eigenvalue weighted by molar-refractivity contribution is 0.157. The molecule has 20 heavy (non-hydrogen) atoms. The predicted octanol–water partition coefficient (Wildman–Crippen LogP) is 5.18. The van der Waals surface area contributed by atoms with Crippen molar-refractivity contribution in [3.8, 4) is 0 Å². The van der Waals surface area contributed by atoms with E-state index in [-0.39, 0.29) is 0 Å². The van der Waals surface area contributed by atoms with Crippen LogP contribution in [0.15, 0.2) is 12.1 Å². The van der Waals surface area contributed by atoms with E-state index in [0.717, 1.165) is 12.0 Å². The van der Waals surface area contributed by atoms with Gasteiger partial charge in [0.15, 0.2) is 0 Å². The van der Waals surface area contributed by atoms with Crippen LogP contribution in [0.5, 0.6) is 0 Å². The minimum atomic E-state index is 0.491. The molecule has 0 spiro atoms. The Morgan fingerprint density at radius 1 is 1.20 bits per heavy atom. The second kappa shape index (κ2) is 6.62. The molecule has 1 aromatic heterocycles. The Labute approximate surface area is 129 Å². The van der Waals surface area contributed by atoms with E-state index in [1.54, 1.807) is 0 Å². The lowest BCUT2D eigenvalue weighted by Gasteiger charge is -2.38. The van der Waals surface area contributed by atoms with Gasteiger partial charge in [-0.15, -0.1) is 11.3 Å². The summed E-state index contributed by atoms with van der Waals surface area (Å²) in [5.74, 6) is 0.913. The van der Waals surface area contributed by atoms with Gasteiger partial charge in [0.2, 0.25) is 0 Å². The summed E-state index contributed by atoms with van der Waals surface area (Å²) in [5, 5.41) is 3.86. The van der Waals surface area contributed by atoms with Crippen molar-refractivity contribution in [2.45, 2.75) is 78.8 Å². The predicted molar refractivity (Wildman–Crippen MR) is 90.6 cm³/mol. The summed E-state index contributed by atoms with van der Waals surface area (Å²) in [6, 6.07) is 5.87. The topological polar surface area (TPSA) is 12.0 Å². The minimum Gasteiger partial charge on any atom is -0.311 e. The van der Waals surface area contributed by atoms with Crippen molar-refractivity contribution in [3.63, 3.8) is 0 Å². The van der Waals surface area contributed by atoms with E-state index in [9.17, 15) is 0 Å². The highest BCUT2D eigenvalue weighted by Gasteiger charge is 2.29. The van der Waals surface area contributed by atoms with Gasteiger partial charge in [0.05, 0.1) is 0 Å². The fourth-order valence-electron chi connectivity index (χ4n) is 3.48. The highest BCUT2D eigenvalue weighted by atomic mass is 32.1. The molecule has 2 rings (SSSR count). The van der Waals surface area contributed by atoms with Crippen LogP contribution in [0.25, 0.3) is 0 Å². The summed E-state index contributed by atoms with van der Waals surface area (Å²) in [4.78, 5) is 2.95. The number of thiophene rings is 1. The van der Waals surface area contributed by atoms with Gasteiger partial charge in [-0.25, -0.2) is 0 Å². The fraction of sp³-hybridized carbons (Fsp3) is 0.778. The molecule has 1 aliphatic carbocycles. The normalized spacial score (nSPS) is 25.6. The highest BCUT2D eigenvalue weighted by molar-refractivity contribution is 7.11. The number of nitrogens with one attached hydrogen (secondary N) is 1. The molecule has 1 fully saturated rings. The van der Waals surface area contributed by atoms with Gasteiger partial charge in [0.1, 0.15) is 0 Å². The van der Waals surface area contributed by atoms with Crippen LogP contribution in [0.2, 0.25) is 0 Å². The molecule has 1 unspecified atom stereocenters. The van der Waals surface area contributed by atoms with Crippen molar-refractivity contribution < 1.29 is 0 Å². The Balaban J connectivity index is 1.75. The van der Waals surface area contributed by atoms with E-state index in [0.29, 0.717) is 11.5 Å². The third-order valence-corrected chi connectivity index (χ3v) is 5.80. The van der Waals surface area contributed by atoms with E-state index in [2.05, 4.69) is 52.1 Å². The molecule has 2 heteroatoms. The maximum atomic E-state index is 3.86. The zero-order valence-corrected chi connectivity index (χ0v) is 14.6. The third kappa shape index (κ3) is 4.60. The van der Waals surface area contributed by atoms with Gasteiger partial charge in [0, 0.05) is 21.8 Å². The summed E-state index contributed by atoms with van der Waals surface area (Å²) in [6.45, 7) is 11.7. The highest BCUT2D eigenvalue weighted by Crippen LogP contribution is 2.37. The Bertz CT molecular complexity index is 407. The second-order valence-electron chi connectivity index (χ2n) is 7.70. The van der Waals surface area contributed by atoms with Gasteiger partial charge in [-0.1, -0.05) is 20.8 Å². The second-order valence-corrected chi connectivity index (χ2v) is 9.07. The van der Waals surface area contributed by atoms with Crippen LogP contribution < -0.4 is 5.32 Å². The molecule has 1 nitrogen and oxygen atoms in total. The molecular formula is C18H31NS. The largest absolute Gasteiger partial charge is 0.311 e. The minimum absolute atomic E-state index is 0.491. The molecule has 0 aromatic carbocycles. The molecule has 1 aromatic rings. The van der Waals surface area contributed by atoms with Gasteiger partial charge in [0.25, 0.3) is 0 Å². The molecule has 0 radical (unpaired) electrons. The van der Waals surface area contributed by atoms with Crippen molar-refractivity contribution in [3.05, 3.63) is 21.9 Å². The quantitative estimate of drug-likeness (QED) is 0.806. The first-order valence-electron chi connectivity index (χ1n) is 8.16. The van der Waals surface area contributed by atoms with Crippen LogP contribution in [0.3, 0.4) is 0 Å². The molecule has 1 heterocycles. The van der Waals surface area contributed by atoms with Crippen LogP contribution in [-0.2, 0) is 6.42 Å². The molecule has 114 valence electrons. The van der Waals surface area contributed by atoms with E-state index >= 15 is 0 Å². The Morgan fingerprint density at radius 3 is 2.35 bits per heavy atom. The number of rotatable bonds is 4. The first-order chi connectivity index (χ1) is 9.34. The van der Waals surface area contributed by atoms with E-state index in [1.807, 2.05) is 11.3 Å². The standard InChI is InChI=1S/C18H31NS/c1-13(12-17-11-6-14(2)20-17)19-16-9-7-15(8-10-16)18(3,4)5/h6,11,13,15-16,19H,7-10,12H2,1-5H3. The Morgan fingerprint density at radius 2 is 1.85 bits per heavy atom. The molecule has 0 bridgehead atoms. The van der Waals surface area contributed by atoms with Gasteiger partial charge >= 0.3 is 0 Å². The summed E-state index contributed by atoms with van der Waals surface area (Å²) >= 11 is 1.94. The molecule has 0 saturated heterocycles. The number of hydrogen-bond acceptors (Lipinski definition) is 2. The Kier molecular flexibility index (Phi) is 5.30. The molecule has 1 saturated carbocycles. The summed E-state index contributed by atoms with van der Waals surface area (Å²) < 4.78 is 0. The van der Waals surface area contributed by atoms with Crippen LogP contribution in [-0.4, -0.2) is 12.1 Å². The van der Waals surface area contributed by atoms with Gasteiger partial charge < -0.3 is 5.32 Å². The Hall–Kier alpha value is -0.340. The summed E-state index contributed by atoms with van der Waals surface area (Å²) in [5.41, 5.74) is 0.491. The molecule has 1 atom stereocenters. The van der Waals surface area contributed by atoms with E-state index < -0.39 is 0 Å². The smallest absolute Gasteiger partial charge is 0.00896 e. The summed E-state index contributed by atoms with van der Waals surface area (Å²) in [7, 11) is 0. The molecule has 1 aliphatic rings. The van der Waals surface area contributed by atoms with Crippen LogP contribution in [0.1, 0.15) is 63.1 Å². The molecule has 1 N–H and O–H groups in total. The van der Waals surface area contributed by atoms with Gasteiger partial charge in [-0.3, -0.25) is 0 Å². The average Bonchev–Trinajstić information content (AvgIpc) is 2.74. The molecular weight excluding hydrogens is 262 g/mol. The lowest BCUT2D eigenvalue weighted by atomic mass is 9.71. The van der Waals surface area contributed by atoms with Crippen LogP contribution in [0, 0.1) is 18.3 Å². The lowest BCUT2D eigenvalue weighted by Crippen LogP contribution is -2.41. The first kappa shape index (κ1) is 16.0. The van der Waals surface area contributed by atoms with Crippen molar-refractivity contribution in [1.29, 1.82) is 0 Å². The SMILES string of the molecule is Cc1ccc(CC(C)NC2CCC(C(C)(C)C)CC2)s1. The maximum Gasteiger partial charge on any atom is 0.00896 e. The summed E-state index contributed by atoms with van der Waals surface area (Å²) in [6.07, 6.45) is 6.68. The van der Waals surface area contributed by atoms with E-state index in [1.165, 1.54) is 41.9 Å². The van der Waals surface area contributed by atoms with Gasteiger partial charge in [-0.2, -0.15) is 0 Å².